The molecule has 0 unspecified atom stereocenters. The number of hydrogen-bond donors (Lipinski definition) is 1. The molecule has 6 nitrogen and oxygen atoms in total. The molecule has 0 aliphatic carbocycles. The van der Waals surface area contributed by atoms with Crippen LogP contribution in [0.25, 0.3) is 11.6 Å². The van der Waals surface area contributed by atoms with Gasteiger partial charge in [0.2, 0.25) is 0 Å². The van der Waals surface area contributed by atoms with E-state index in [1.54, 1.807) is 6.07 Å². The normalized spacial score (nSPS) is 10.5. The summed E-state index contributed by atoms with van der Waals surface area (Å²) in [5.74, 6) is 0.972. The van der Waals surface area contributed by atoms with Crippen LogP contribution in [0.15, 0.2) is 21.4 Å². The molecule has 2 aromatic heterocycles. The lowest BCUT2D eigenvalue weighted by atomic mass is 10.4. The lowest BCUT2D eigenvalue weighted by Gasteiger charge is -1.86. The summed E-state index contributed by atoms with van der Waals surface area (Å²) in [5.41, 5.74) is 0.551. The summed E-state index contributed by atoms with van der Waals surface area (Å²) in [6, 6.07) is 1.66. The molecule has 13 heavy (non-hydrogen) atoms. The topological polar surface area (TPSA) is 77.0 Å². The minimum absolute atomic E-state index is 0.374. The van der Waals surface area contributed by atoms with E-state index in [-0.39, 0.29) is 0 Å². The maximum Gasteiger partial charge on any atom is 0.280 e. The molecule has 2 heterocycles. The number of nitrogens with zero attached hydrogens (tertiary/aromatic N) is 3. The Bertz CT molecular complexity index is 368. The van der Waals surface area contributed by atoms with Crippen LogP contribution in [0, 0.1) is 0 Å². The van der Waals surface area contributed by atoms with Crippen molar-refractivity contribution in [3.8, 4) is 11.6 Å². The van der Waals surface area contributed by atoms with Gasteiger partial charge in [-0.1, -0.05) is 10.3 Å². The van der Waals surface area contributed by atoms with Crippen LogP contribution in [-0.2, 0) is 6.54 Å². The molecular formula is C7H8N4O2. The van der Waals surface area contributed by atoms with Gasteiger partial charge < -0.3 is 14.4 Å². The molecule has 0 radical (unpaired) electrons. The molecule has 0 aliphatic rings. The average molecular weight is 180 g/mol. The van der Waals surface area contributed by atoms with Crippen LogP contribution in [0.3, 0.4) is 0 Å². The fraction of sp³-hybridized carbons (Fsp3) is 0.286. The second-order valence-electron chi connectivity index (χ2n) is 2.43. The highest BCUT2D eigenvalue weighted by Crippen LogP contribution is 2.13. The van der Waals surface area contributed by atoms with Gasteiger partial charge in [-0.05, 0) is 7.05 Å². The molecule has 0 saturated carbocycles. The van der Waals surface area contributed by atoms with Crippen molar-refractivity contribution in [2.45, 2.75) is 6.54 Å². The van der Waals surface area contributed by atoms with Crippen molar-refractivity contribution >= 4 is 0 Å². The summed E-state index contributed by atoms with van der Waals surface area (Å²) in [4.78, 5) is 4.08. The highest BCUT2D eigenvalue weighted by molar-refractivity contribution is 5.43. The largest absolute Gasteiger partial charge is 0.364 e. The molecule has 2 rings (SSSR count). The molecular weight excluding hydrogens is 172 g/mol. The molecule has 0 bridgehead atoms. The molecule has 0 spiro atoms. The predicted molar refractivity (Wildman–Crippen MR) is 42.6 cm³/mol. The monoisotopic (exact) mass is 180 g/mol. The minimum Gasteiger partial charge on any atom is -0.364 e. The van der Waals surface area contributed by atoms with Crippen LogP contribution < -0.4 is 5.32 Å². The van der Waals surface area contributed by atoms with Crippen molar-refractivity contribution in [3.63, 3.8) is 0 Å². The Labute approximate surface area is 73.9 Å². The van der Waals surface area contributed by atoms with E-state index in [2.05, 4.69) is 25.1 Å². The number of rotatable bonds is 3. The van der Waals surface area contributed by atoms with Gasteiger partial charge in [-0.3, -0.25) is 0 Å². The fourth-order valence-corrected chi connectivity index (χ4v) is 0.911. The van der Waals surface area contributed by atoms with Crippen LogP contribution in [0.5, 0.6) is 0 Å². The zero-order valence-electron chi connectivity index (χ0n) is 7.02. The Morgan fingerprint density at radius 1 is 1.46 bits per heavy atom. The van der Waals surface area contributed by atoms with Gasteiger partial charge in [0.15, 0.2) is 11.5 Å². The predicted octanol–water partition coefficient (Wildman–Crippen LogP) is 0.444. The van der Waals surface area contributed by atoms with E-state index < -0.39 is 0 Å². The van der Waals surface area contributed by atoms with Crippen molar-refractivity contribution in [1.29, 1.82) is 0 Å². The fourth-order valence-electron chi connectivity index (χ4n) is 0.911. The lowest BCUT2D eigenvalue weighted by Crippen LogP contribution is -2.06. The Morgan fingerprint density at radius 2 is 2.38 bits per heavy atom. The molecule has 0 aromatic carbocycles. The van der Waals surface area contributed by atoms with Gasteiger partial charge in [0.25, 0.3) is 5.89 Å². The van der Waals surface area contributed by atoms with Gasteiger partial charge in [-0.25, -0.2) is 0 Å². The van der Waals surface area contributed by atoms with Crippen LogP contribution in [0.4, 0.5) is 0 Å². The molecule has 1 N–H and O–H groups in total. The van der Waals surface area contributed by atoms with Gasteiger partial charge in [0, 0.05) is 6.07 Å². The number of aromatic nitrogens is 3. The van der Waals surface area contributed by atoms with Crippen LogP contribution in [-0.4, -0.2) is 22.3 Å². The minimum atomic E-state index is 0.374. The maximum absolute atomic E-state index is 4.94. The quantitative estimate of drug-likeness (QED) is 0.738. The zero-order valence-corrected chi connectivity index (χ0v) is 7.02. The highest BCUT2D eigenvalue weighted by atomic mass is 16.5. The summed E-state index contributed by atoms with van der Waals surface area (Å²) < 4.78 is 9.58. The first-order valence-corrected chi connectivity index (χ1v) is 3.78. The summed E-state index contributed by atoms with van der Waals surface area (Å²) in [5, 5.41) is 10.3. The summed E-state index contributed by atoms with van der Waals surface area (Å²) in [6.07, 6.45) is 1.46. The van der Waals surface area contributed by atoms with Crippen molar-refractivity contribution in [2.75, 3.05) is 7.05 Å². The van der Waals surface area contributed by atoms with Crippen LogP contribution in [0.2, 0.25) is 0 Å². The summed E-state index contributed by atoms with van der Waals surface area (Å²) >= 11 is 0. The van der Waals surface area contributed by atoms with Crippen LogP contribution in [0.1, 0.15) is 5.82 Å². The molecule has 68 valence electrons. The first kappa shape index (κ1) is 7.93. The second-order valence-corrected chi connectivity index (χ2v) is 2.43. The third kappa shape index (κ3) is 1.57. The molecule has 0 aliphatic heterocycles. The highest BCUT2D eigenvalue weighted by Gasteiger charge is 2.09. The molecule has 0 atom stereocenters. The van der Waals surface area contributed by atoms with E-state index >= 15 is 0 Å². The second kappa shape index (κ2) is 3.36. The van der Waals surface area contributed by atoms with E-state index in [0.29, 0.717) is 24.0 Å². The van der Waals surface area contributed by atoms with Crippen molar-refractivity contribution < 1.29 is 9.05 Å². The smallest absolute Gasteiger partial charge is 0.280 e. The Morgan fingerprint density at radius 3 is 3.08 bits per heavy atom. The van der Waals surface area contributed by atoms with Gasteiger partial charge in [-0.2, -0.15) is 4.98 Å². The van der Waals surface area contributed by atoms with Crippen molar-refractivity contribution in [3.05, 3.63) is 18.2 Å². The molecule has 2 aromatic rings. The lowest BCUT2D eigenvalue weighted by molar-refractivity contribution is 0.401. The number of hydrogen-bond acceptors (Lipinski definition) is 6. The molecule has 0 amide bonds. The van der Waals surface area contributed by atoms with E-state index in [4.69, 9.17) is 4.52 Å². The van der Waals surface area contributed by atoms with Crippen molar-refractivity contribution in [1.82, 2.24) is 20.6 Å². The Hall–Kier alpha value is -1.69. The van der Waals surface area contributed by atoms with Gasteiger partial charge in [-0.15, -0.1) is 0 Å². The Kier molecular flexibility index (Phi) is 2.05. The Balaban J connectivity index is 2.23. The van der Waals surface area contributed by atoms with Crippen LogP contribution >= 0.6 is 0 Å². The van der Waals surface area contributed by atoms with Gasteiger partial charge in [0.1, 0.15) is 6.26 Å². The third-order valence-electron chi connectivity index (χ3n) is 1.46. The first-order valence-electron chi connectivity index (χ1n) is 3.78. The number of nitrogens with one attached hydrogen (secondary N) is 1. The average Bonchev–Trinajstić information content (AvgIpc) is 2.70. The molecule has 6 heteroatoms. The standard InChI is InChI=1S/C7H8N4O2/c1-8-4-6-9-7(13-11-6)5-2-3-12-10-5/h2-3,8H,4H2,1H3. The van der Waals surface area contributed by atoms with E-state index in [9.17, 15) is 0 Å². The van der Waals surface area contributed by atoms with Gasteiger partial charge >= 0.3 is 0 Å². The summed E-state index contributed by atoms with van der Waals surface area (Å²) in [6.45, 7) is 0.571. The van der Waals surface area contributed by atoms with Crippen molar-refractivity contribution in [2.24, 2.45) is 0 Å². The van der Waals surface area contributed by atoms with E-state index in [1.165, 1.54) is 6.26 Å². The van der Waals surface area contributed by atoms with E-state index in [1.807, 2.05) is 7.05 Å². The summed E-state index contributed by atoms with van der Waals surface area (Å²) in [7, 11) is 1.81. The zero-order chi connectivity index (χ0) is 9.10. The van der Waals surface area contributed by atoms with E-state index in [0.717, 1.165) is 0 Å². The third-order valence-corrected chi connectivity index (χ3v) is 1.46. The maximum atomic E-state index is 4.94. The first-order chi connectivity index (χ1) is 6.40. The molecule has 0 fully saturated rings. The molecule has 0 saturated heterocycles. The SMILES string of the molecule is CNCc1noc(-c2ccon2)n1. The van der Waals surface area contributed by atoms with Gasteiger partial charge in [0.05, 0.1) is 6.54 Å².